The van der Waals surface area contributed by atoms with Crippen LogP contribution in [0, 0.1) is 5.92 Å². The molecule has 0 saturated carbocycles. The van der Waals surface area contributed by atoms with Gasteiger partial charge in [-0.05, 0) is 37.0 Å². The Morgan fingerprint density at radius 1 is 0.912 bits per heavy atom. The zero-order valence-electron chi connectivity index (χ0n) is 19.4. The SMILES string of the molecule is CC(C)CC(NC(=O)C(Cc1ccc(O)cc1)NC(=O)C(N)C(C)O)C(=O)NC(CS)C(=O)O. The van der Waals surface area contributed by atoms with Crippen LogP contribution in [0.2, 0.25) is 0 Å². The van der Waals surface area contributed by atoms with Gasteiger partial charge < -0.3 is 37.0 Å². The monoisotopic (exact) mass is 498 g/mol. The van der Waals surface area contributed by atoms with Crippen molar-refractivity contribution in [2.45, 2.75) is 63.9 Å². The highest BCUT2D eigenvalue weighted by atomic mass is 32.1. The molecule has 3 amide bonds. The number of aliphatic hydroxyl groups excluding tert-OH is 1. The topological polar surface area (TPSA) is 191 Å². The van der Waals surface area contributed by atoms with Gasteiger partial charge in [-0.25, -0.2) is 4.79 Å². The molecule has 5 unspecified atom stereocenters. The van der Waals surface area contributed by atoms with Crippen LogP contribution in [0.1, 0.15) is 32.8 Å². The Balaban J connectivity index is 3.12. The number of amides is 3. The first-order chi connectivity index (χ1) is 15.8. The fourth-order valence-corrected chi connectivity index (χ4v) is 3.24. The summed E-state index contributed by atoms with van der Waals surface area (Å²) in [6, 6.07) is 1.23. The van der Waals surface area contributed by atoms with Crippen LogP contribution in [-0.4, -0.2) is 75.0 Å². The molecule has 0 saturated heterocycles. The van der Waals surface area contributed by atoms with Crippen molar-refractivity contribution in [1.29, 1.82) is 0 Å². The van der Waals surface area contributed by atoms with Crippen LogP contribution in [0.15, 0.2) is 24.3 Å². The van der Waals surface area contributed by atoms with Gasteiger partial charge in [0.1, 0.15) is 29.9 Å². The maximum atomic E-state index is 13.1. The second kappa shape index (κ2) is 13.8. The molecule has 0 aromatic heterocycles. The molecular weight excluding hydrogens is 464 g/mol. The van der Waals surface area contributed by atoms with Crippen LogP contribution in [0.25, 0.3) is 0 Å². The molecule has 0 aliphatic rings. The lowest BCUT2D eigenvalue weighted by Crippen LogP contribution is -2.59. The molecule has 12 heteroatoms. The number of benzene rings is 1. The van der Waals surface area contributed by atoms with Gasteiger partial charge in [0.05, 0.1) is 6.10 Å². The first-order valence-corrected chi connectivity index (χ1v) is 11.4. The number of carboxylic acids is 1. The maximum absolute atomic E-state index is 13.1. The third-order valence-corrected chi connectivity index (χ3v) is 5.33. The highest BCUT2D eigenvalue weighted by molar-refractivity contribution is 7.80. The lowest BCUT2D eigenvalue weighted by molar-refractivity contribution is -0.141. The van der Waals surface area contributed by atoms with Crippen LogP contribution in [0.5, 0.6) is 5.75 Å². The van der Waals surface area contributed by atoms with E-state index in [1.807, 2.05) is 13.8 Å². The molecular formula is C22H34N4O7S. The summed E-state index contributed by atoms with van der Waals surface area (Å²) in [6.07, 6.45) is -0.941. The summed E-state index contributed by atoms with van der Waals surface area (Å²) in [5.74, 6) is -3.56. The zero-order valence-corrected chi connectivity index (χ0v) is 20.3. The third-order valence-electron chi connectivity index (χ3n) is 4.97. The van der Waals surface area contributed by atoms with Crippen LogP contribution in [0.3, 0.4) is 0 Å². The summed E-state index contributed by atoms with van der Waals surface area (Å²) in [7, 11) is 0. The lowest BCUT2D eigenvalue weighted by Gasteiger charge is -2.26. The summed E-state index contributed by atoms with van der Waals surface area (Å²) in [5.41, 5.74) is 6.29. The van der Waals surface area contributed by atoms with Gasteiger partial charge in [0, 0.05) is 12.2 Å². The Kier molecular flexibility index (Phi) is 11.8. The quantitative estimate of drug-likeness (QED) is 0.161. The molecule has 1 aromatic rings. The summed E-state index contributed by atoms with van der Waals surface area (Å²) >= 11 is 3.93. The predicted octanol–water partition coefficient (Wildman–Crippen LogP) is -0.842. The van der Waals surface area contributed by atoms with Crippen molar-refractivity contribution in [1.82, 2.24) is 16.0 Å². The molecule has 8 N–H and O–H groups in total. The first kappa shape index (κ1) is 29.2. The summed E-state index contributed by atoms with van der Waals surface area (Å²) in [6.45, 7) is 5.00. The molecule has 11 nitrogen and oxygen atoms in total. The number of nitrogens with one attached hydrogen (secondary N) is 3. The zero-order chi connectivity index (χ0) is 26.0. The van der Waals surface area contributed by atoms with E-state index in [4.69, 9.17) is 5.73 Å². The fraction of sp³-hybridized carbons (Fsp3) is 0.545. The lowest BCUT2D eigenvalue weighted by atomic mass is 10.0. The molecule has 190 valence electrons. The number of thiol groups is 1. The number of aliphatic hydroxyl groups is 1. The number of carbonyl (C=O) groups excluding carboxylic acids is 3. The smallest absolute Gasteiger partial charge is 0.327 e. The van der Waals surface area contributed by atoms with E-state index < -0.39 is 54.0 Å². The van der Waals surface area contributed by atoms with Gasteiger partial charge in [-0.1, -0.05) is 26.0 Å². The van der Waals surface area contributed by atoms with Crippen molar-refractivity contribution in [3.05, 3.63) is 29.8 Å². The van der Waals surface area contributed by atoms with E-state index in [-0.39, 0.29) is 30.3 Å². The molecule has 0 aliphatic carbocycles. The summed E-state index contributed by atoms with van der Waals surface area (Å²) in [5, 5.41) is 35.7. The normalized spacial score (nSPS) is 15.5. The molecule has 1 aromatic carbocycles. The third kappa shape index (κ3) is 9.57. The molecule has 0 aliphatic heterocycles. The predicted molar refractivity (Wildman–Crippen MR) is 128 cm³/mol. The maximum Gasteiger partial charge on any atom is 0.327 e. The van der Waals surface area contributed by atoms with Gasteiger partial charge in [0.15, 0.2) is 0 Å². The average molecular weight is 499 g/mol. The van der Waals surface area contributed by atoms with Crippen molar-refractivity contribution < 1.29 is 34.5 Å². The van der Waals surface area contributed by atoms with Crippen molar-refractivity contribution in [3.63, 3.8) is 0 Å². The van der Waals surface area contributed by atoms with Crippen LogP contribution in [0.4, 0.5) is 0 Å². The second-order valence-electron chi connectivity index (χ2n) is 8.47. The Hall–Kier alpha value is -2.83. The van der Waals surface area contributed by atoms with Gasteiger partial charge in [-0.2, -0.15) is 12.6 Å². The fourth-order valence-electron chi connectivity index (χ4n) is 3.00. The number of nitrogens with two attached hydrogens (primary N) is 1. The Labute approximate surface area is 203 Å². The summed E-state index contributed by atoms with van der Waals surface area (Å²) < 4.78 is 0. The van der Waals surface area contributed by atoms with Gasteiger partial charge >= 0.3 is 5.97 Å². The van der Waals surface area contributed by atoms with Gasteiger partial charge in [0.2, 0.25) is 17.7 Å². The number of hydrogen-bond donors (Lipinski definition) is 8. The molecule has 1 rings (SSSR count). The average Bonchev–Trinajstić information content (AvgIpc) is 2.76. The van der Waals surface area contributed by atoms with Crippen LogP contribution >= 0.6 is 12.6 Å². The van der Waals surface area contributed by atoms with E-state index in [2.05, 4.69) is 28.6 Å². The summed E-state index contributed by atoms with van der Waals surface area (Å²) in [4.78, 5) is 49.6. The van der Waals surface area contributed by atoms with Gasteiger partial charge in [-0.15, -0.1) is 0 Å². The number of phenols is 1. The van der Waals surface area contributed by atoms with E-state index in [9.17, 15) is 34.5 Å². The van der Waals surface area contributed by atoms with E-state index >= 15 is 0 Å². The number of aromatic hydroxyl groups is 1. The molecule has 34 heavy (non-hydrogen) atoms. The van der Waals surface area contributed by atoms with Gasteiger partial charge in [-0.3, -0.25) is 14.4 Å². The van der Waals surface area contributed by atoms with E-state index in [0.717, 1.165) is 0 Å². The number of hydrogen-bond acceptors (Lipinski definition) is 8. The number of aliphatic carboxylic acids is 1. The standard InChI is InChI=1S/C22H34N4O7S/c1-11(2)8-15(19(29)26-17(10-34)22(32)33)24-20(30)16(25-21(31)18(23)12(3)27)9-13-4-6-14(28)7-5-13/h4-7,11-12,15-18,27-28,34H,8-10,23H2,1-3H3,(H,24,30)(H,25,31)(H,26,29)(H,32,33). The Morgan fingerprint density at radius 3 is 1.88 bits per heavy atom. The highest BCUT2D eigenvalue weighted by Crippen LogP contribution is 2.13. The van der Waals surface area contributed by atoms with Crippen molar-refractivity contribution in [2.75, 3.05) is 5.75 Å². The molecule has 0 radical (unpaired) electrons. The van der Waals surface area contributed by atoms with Crippen molar-refractivity contribution in [3.8, 4) is 5.75 Å². The minimum Gasteiger partial charge on any atom is -0.508 e. The number of carbonyl (C=O) groups is 4. The molecule has 5 atom stereocenters. The van der Waals surface area contributed by atoms with Crippen LogP contribution < -0.4 is 21.7 Å². The number of carboxylic acid groups (broad SMARTS) is 1. The minimum atomic E-state index is -1.28. The Bertz CT molecular complexity index is 848. The molecule has 0 fully saturated rings. The number of rotatable bonds is 13. The van der Waals surface area contributed by atoms with E-state index in [1.165, 1.54) is 19.1 Å². The van der Waals surface area contributed by atoms with Crippen molar-refractivity contribution >= 4 is 36.3 Å². The number of phenolic OH excluding ortho intramolecular Hbond substituents is 1. The molecule has 0 spiro atoms. The first-order valence-electron chi connectivity index (χ1n) is 10.8. The van der Waals surface area contributed by atoms with Gasteiger partial charge in [0.25, 0.3) is 0 Å². The highest BCUT2D eigenvalue weighted by Gasteiger charge is 2.31. The van der Waals surface area contributed by atoms with Crippen LogP contribution in [-0.2, 0) is 25.6 Å². The second-order valence-corrected chi connectivity index (χ2v) is 8.84. The Morgan fingerprint density at radius 2 is 1.41 bits per heavy atom. The minimum absolute atomic E-state index is 0.00872. The molecule has 0 bridgehead atoms. The van der Waals surface area contributed by atoms with Crippen molar-refractivity contribution in [2.24, 2.45) is 11.7 Å². The van der Waals surface area contributed by atoms with E-state index in [0.29, 0.717) is 5.56 Å². The van der Waals surface area contributed by atoms with E-state index in [1.54, 1.807) is 12.1 Å². The molecule has 0 heterocycles. The largest absolute Gasteiger partial charge is 0.508 e.